The lowest BCUT2D eigenvalue weighted by molar-refractivity contribution is -0.184. The van der Waals surface area contributed by atoms with Gasteiger partial charge >= 0.3 is 6.18 Å². The van der Waals surface area contributed by atoms with Crippen LogP contribution in [0.1, 0.15) is 12.5 Å². The van der Waals surface area contributed by atoms with Crippen molar-refractivity contribution >= 4 is 11.6 Å². The predicted molar refractivity (Wildman–Crippen MR) is 61.3 cm³/mol. The fourth-order valence-corrected chi connectivity index (χ4v) is 1.18. The molecule has 0 spiro atoms. The number of aryl methyl sites for hydroxylation is 1. The molecule has 18 heavy (non-hydrogen) atoms. The Morgan fingerprint density at radius 1 is 1.33 bits per heavy atom. The summed E-state index contributed by atoms with van der Waals surface area (Å²) >= 11 is 0. The van der Waals surface area contributed by atoms with Crippen molar-refractivity contribution in [3.05, 3.63) is 29.8 Å². The highest BCUT2D eigenvalue weighted by Gasteiger charge is 2.29. The summed E-state index contributed by atoms with van der Waals surface area (Å²) in [6.45, 7) is 1.73. The molecule has 0 saturated carbocycles. The van der Waals surface area contributed by atoms with E-state index in [1.165, 1.54) is 6.92 Å². The highest BCUT2D eigenvalue weighted by Crippen LogP contribution is 2.16. The monoisotopic (exact) mass is 261 g/mol. The van der Waals surface area contributed by atoms with Crippen LogP contribution in [-0.4, -0.2) is 24.8 Å². The third-order valence-corrected chi connectivity index (χ3v) is 2.19. The first-order valence-electron chi connectivity index (χ1n) is 5.34. The van der Waals surface area contributed by atoms with Crippen LogP contribution in [0.2, 0.25) is 0 Å². The SMILES string of the molecule is Cc1ccc(NC(=O)[C@@H](C)OCC(F)(F)F)cc1. The zero-order valence-corrected chi connectivity index (χ0v) is 10.0. The molecule has 1 N–H and O–H groups in total. The number of hydrogen-bond acceptors (Lipinski definition) is 2. The van der Waals surface area contributed by atoms with Crippen molar-refractivity contribution in [1.29, 1.82) is 0 Å². The molecule has 0 aliphatic carbocycles. The van der Waals surface area contributed by atoms with Crippen LogP contribution in [0, 0.1) is 6.92 Å². The quantitative estimate of drug-likeness (QED) is 0.905. The molecule has 3 nitrogen and oxygen atoms in total. The molecule has 1 atom stereocenters. The van der Waals surface area contributed by atoms with Gasteiger partial charge in [0, 0.05) is 5.69 Å². The molecule has 0 fully saturated rings. The molecule has 0 aromatic heterocycles. The van der Waals surface area contributed by atoms with Gasteiger partial charge in [0.2, 0.25) is 0 Å². The molecule has 1 amide bonds. The van der Waals surface area contributed by atoms with Crippen LogP contribution in [0.3, 0.4) is 0 Å². The fourth-order valence-electron chi connectivity index (χ4n) is 1.18. The summed E-state index contributed by atoms with van der Waals surface area (Å²) < 4.78 is 40.1. The number of ether oxygens (including phenoxy) is 1. The van der Waals surface area contributed by atoms with Gasteiger partial charge in [-0.05, 0) is 26.0 Å². The van der Waals surface area contributed by atoms with Crippen LogP contribution in [0.25, 0.3) is 0 Å². The Morgan fingerprint density at radius 2 is 1.89 bits per heavy atom. The van der Waals surface area contributed by atoms with E-state index in [0.29, 0.717) is 5.69 Å². The van der Waals surface area contributed by atoms with Gasteiger partial charge in [-0.25, -0.2) is 0 Å². The van der Waals surface area contributed by atoms with E-state index in [4.69, 9.17) is 0 Å². The minimum absolute atomic E-state index is 0.521. The van der Waals surface area contributed by atoms with E-state index in [-0.39, 0.29) is 0 Å². The maximum absolute atomic E-state index is 11.9. The molecule has 0 radical (unpaired) electrons. The number of halogens is 3. The standard InChI is InChI=1S/C12H14F3NO2/c1-8-3-5-10(6-4-8)16-11(17)9(2)18-7-12(13,14)15/h3-6,9H,7H2,1-2H3,(H,16,17)/t9-/m1/s1. The van der Waals surface area contributed by atoms with Crippen molar-refractivity contribution < 1.29 is 22.7 Å². The van der Waals surface area contributed by atoms with Crippen molar-refractivity contribution in [2.45, 2.75) is 26.1 Å². The molecular weight excluding hydrogens is 247 g/mol. The van der Waals surface area contributed by atoms with Crippen LogP contribution in [-0.2, 0) is 9.53 Å². The van der Waals surface area contributed by atoms with Gasteiger partial charge in [0.05, 0.1) is 0 Å². The molecule has 0 bridgehead atoms. The number of benzene rings is 1. The molecule has 100 valence electrons. The Balaban J connectivity index is 2.47. The Morgan fingerprint density at radius 3 is 2.39 bits per heavy atom. The Bertz CT molecular complexity index is 401. The number of hydrogen-bond donors (Lipinski definition) is 1. The lowest BCUT2D eigenvalue weighted by atomic mass is 10.2. The molecule has 0 saturated heterocycles. The molecule has 0 aliphatic rings. The summed E-state index contributed by atoms with van der Waals surface area (Å²) in [5.74, 6) is -0.608. The zero-order valence-electron chi connectivity index (χ0n) is 10.0. The first-order valence-corrected chi connectivity index (χ1v) is 5.34. The first-order chi connectivity index (χ1) is 8.28. The second kappa shape index (κ2) is 5.86. The summed E-state index contributed by atoms with van der Waals surface area (Å²) in [7, 11) is 0. The predicted octanol–water partition coefficient (Wildman–Crippen LogP) is 2.90. The average Bonchev–Trinajstić information content (AvgIpc) is 2.28. The zero-order chi connectivity index (χ0) is 13.8. The van der Waals surface area contributed by atoms with Crippen LogP contribution >= 0.6 is 0 Å². The summed E-state index contributed by atoms with van der Waals surface area (Å²) in [4.78, 5) is 11.5. The average molecular weight is 261 g/mol. The lowest BCUT2D eigenvalue weighted by Crippen LogP contribution is -2.31. The highest BCUT2D eigenvalue weighted by molar-refractivity contribution is 5.93. The normalized spacial score (nSPS) is 13.2. The van der Waals surface area contributed by atoms with Crippen molar-refractivity contribution in [3.63, 3.8) is 0 Å². The summed E-state index contributed by atoms with van der Waals surface area (Å²) in [5.41, 5.74) is 1.54. The number of carbonyl (C=O) groups excluding carboxylic acids is 1. The first kappa shape index (κ1) is 14.5. The van der Waals surface area contributed by atoms with E-state index in [1.807, 2.05) is 6.92 Å². The Labute approximate surface area is 103 Å². The van der Waals surface area contributed by atoms with Crippen LogP contribution in [0.4, 0.5) is 18.9 Å². The lowest BCUT2D eigenvalue weighted by Gasteiger charge is -2.14. The van der Waals surface area contributed by atoms with Gasteiger partial charge in [-0.1, -0.05) is 17.7 Å². The Kier molecular flexibility index (Phi) is 4.72. The topological polar surface area (TPSA) is 38.3 Å². The van der Waals surface area contributed by atoms with Gasteiger partial charge in [0.25, 0.3) is 5.91 Å². The van der Waals surface area contributed by atoms with Crippen LogP contribution < -0.4 is 5.32 Å². The highest BCUT2D eigenvalue weighted by atomic mass is 19.4. The van der Waals surface area contributed by atoms with E-state index in [0.717, 1.165) is 5.56 Å². The minimum atomic E-state index is -4.43. The van der Waals surface area contributed by atoms with Gasteiger partial charge in [0.15, 0.2) is 0 Å². The third kappa shape index (κ3) is 5.18. The molecule has 1 aromatic rings. The van der Waals surface area contributed by atoms with E-state index >= 15 is 0 Å². The minimum Gasteiger partial charge on any atom is -0.359 e. The van der Waals surface area contributed by atoms with Gasteiger partial charge in [-0.3, -0.25) is 4.79 Å². The maximum Gasteiger partial charge on any atom is 0.411 e. The molecule has 0 unspecified atom stereocenters. The van der Waals surface area contributed by atoms with Crippen LogP contribution in [0.5, 0.6) is 0 Å². The van der Waals surface area contributed by atoms with Gasteiger partial charge in [-0.2, -0.15) is 13.2 Å². The number of carbonyl (C=O) groups is 1. The van der Waals surface area contributed by atoms with Gasteiger partial charge in [-0.15, -0.1) is 0 Å². The van der Waals surface area contributed by atoms with E-state index in [1.54, 1.807) is 24.3 Å². The number of nitrogens with one attached hydrogen (secondary N) is 1. The summed E-state index contributed by atoms with van der Waals surface area (Å²) in [5, 5.41) is 2.47. The number of alkyl halides is 3. The summed E-state index contributed by atoms with van der Waals surface area (Å²) in [6.07, 6.45) is -5.59. The molecule has 1 rings (SSSR count). The van der Waals surface area contributed by atoms with Gasteiger partial charge < -0.3 is 10.1 Å². The van der Waals surface area contributed by atoms with E-state index in [2.05, 4.69) is 10.1 Å². The number of rotatable bonds is 4. The van der Waals surface area contributed by atoms with Crippen molar-refractivity contribution in [3.8, 4) is 0 Å². The van der Waals surface area contributed by atoms with E-state index < -0.39 is 24.8 Å². The fraction of sp³-hybridized carbons (Fsp3) is 0.417. The second-order valence-electron chi connectivity index (χ2n) is 3.92. The van der Waals surface area contributed by atoms with Gasteiger partial charge in [0.1, 0.15) is 12.7 Å². The van der Waals surface area contributed by atoms with Crippen molar-refractivity contribution in [1.82, 2.24) is 0 Å². The van der Waals surface area contributed by atoms with Crippen molar-refractivity contribution in [2.75, 3.05) is 11.9 Å². The second-order valence-corrected chi connectivity index (χ2v) is 3.92. The third-order valence-electron chi connectivity index (χ3n) is 2.19. The molecule has 0 aliphatic heterocycles. The largest absolute Gasteiger partial charge is 0.411 e. The van der Waals surface area contributed by atoms with Crippen molar-refractivity contribution in [2.24, 2.45) is 0 Å². The molecular formula is C12H14F3NO2. The maximum atomic E-state index is 11.9. The number of amides is 1. The Hall–Kier alpha value is -1.56. The summed E-state index contributed by atoms with van der Waals surface area (Å²) in [6, 6.07) is 6.92. The smallest absolute Gasteiger partial charge is 0.359 e. The number of anilines is 1. The van der Waals surface area contributed by atoms with E-state index in [9.17, 15) is 18.0 Å². The molecule has 0 heterocycles. The molecule has 6 heteroatoms. The molecule has 1 aromatic carbocycles. The van der Waals surface area contributed by atoms with Crippen LogP contribution in [0.15, 0.2) is 24.3 Å².